The first-order valence-electron chi connectivity index (χ1n) is 7.64. The van der Waals surface area contributed by atoms with Gasteiger partial charge in [0.1, 0.15) is 0 Å². The number of aromatic nitrogens is 2. The number of hydrogen-bond acceptors (Lipinski definition) is 3. The second kappa shape index (κ2) is 5.94. The van der Waals surface area contributed by atoms with Crippen LogP contribution in [0.3, 0.4) is 0 Å². The summed E-state index contributed by atoms with van der Waals surface area (Å²) in [6, 6.07) is 7.53. The topological polar surface area (TPSA) is 84.2 Å². The quantitative estimate of drug-likeness (QED) is 0.870. The SMILES string of the molecule is CC(C)(C(=O)O)n1cc(NC(=O)C2CC2c2ccccc2Cl)cn1. The van der Waals surface area contributed by atoms with Gasteiger partial charge in [-0.1, -0.05) is 29.8 Å². The van der Waals surface area contributed by atoms with E-state index in [0.717, 1.165) is 12.0 Å². The summed E-state index contributed by atoms with van der Waals surface area (Å²) >= 11 is 6.17. The molecule has 1 aromatic carbocycles. The molecule has 1 aliphatic carbocycles. The molecule has 2 atom stereocenters. The van der Waals surface area contributed by atoms with Crippen molar-refractivity contribution in [3.05, 3.63) is 47.2 Å². The number of nitrogens with zero attached hydrogens (tertiary/aromatic N) is 2. The summed E-state index contributed by atoms with van der Waals surface area (Å²) in [4.78, 5) is 23.6. The fourth-order valence-corrected chi connectivity index (χ4v) is 2.91. The fourth-order valence-electron chi connectivity index (χ4n) is 2.63. The minimum Gasteiger partial charge on any atom is -0.479 e. The van der Waals surface area contributed by atoms with Crippen molar-refractivity contribution in [2.24, 2.45) is 5.92 Å². The van der Waals surface area contributed by atoms with Crippen molar-refractivity contribution in [3.8, 4) is 0 Å². The highest BCUT2D eigenvalue weighted by molar-refractivity contribution is 6.31. The van der Waals surface area contributed by atoms with Crippen LogP contribution in [0.5, 0.6) is 0 Å². The Bertz CT molecular complexity index is 800. The number of aliphatic carboxylic acids is 1. The maximum Gasteiger partial charge on any atom is 0.331 e. The fraction of sp³-hybridized carbons (Fsp3) is 0.353. The van der Waals surface area contributed by atoms with E-state index in [1.54, 1.807) is 13.8 Å². The molecule has 3 rings (SSSR count). The number of hydrogen-bond donors (Lipinski definition) is 2. The predicted molar refractivity (Wildman–Crippen MR) is 90.1 cm³/mol. The molecule has 0 spiro atoms. The van der Waals surface area contributed by atoms with Gasteiger partial charge in [-0.05, 0) is 37.8 Å². The van der Waals surface area contributed by atoms with Crippen molar-refractivity contribution in [2.45, 2.75) is 31.7 Å². The Balaban J connectivity index is 1.66. The molecule has 2 N–H and O–H groups in total. The van der Waals surface area contributed by atoms with Crippen molar-refractivity contribution in [1.82, 2.24) is 9.78 Å². The number of carboxylic acids is 1. The van der Waals surface area contributed by atoms with Gasteiger partial charge in [-0.2, -0.15) is 5.10 Å². The summed E-state index contributed by atoms with van der Waals surface area (Å²) in [6.07, 6.45) is 3.73. The third-order valence-corrected chi connectivity index (χ3v) is 4.72. The molecule has 1 fully saturated rings. The molecule has 1 aliphatic rings. The van der Waals surface area contributed by atoms with Crippen LogP contribution in [0, 0.1) is 5.92 Å². The molecule has 2 aromatic rings. The molecule has 24 heavy (non-hydrogen) atoms. The van der Waals surface area contributed by atoms with Crippen molar-refractivity contribution in [2.75, 3.05) is 5.32 Å². The van der Waals surface area contributed by atoms with Crippen molar-refractivity contribution < 1.29 is 14.7 Å². The lowest BCUT2D eigenvalue weighted by Crippen LogP contribution is -2.35. The highest BCUT2D eigenvalue weighted by Gasteiger charge is 2.45. The van der Waals surface area contributed by atoms with Gasteiger partial charge < -0.3 is 10.4 Å². The molecule has 1 aromatic heterocycles. The molecule has 2 unspecified atom stereocenters. The molecular formula is C17H18ClN3O3. The van der Waals surface area contributed by atoms with Gasteiger partial charge in [-0.3, -0.25) is 9.48 Å². The number of carbonyl (C=O) groups is 2. The van der Waals surface area contributed by atoms with Gasteiger partial charge in [0.05, 0.1) is 11.9 Å². The zero-order chi connectivity index (χ0) is 17.5. The van der Waals surface area contributed by atoms with Gasteiger partial charge in [-0.15, -0.1) is 0 Å². The summed E-state index contributed by atoms with van der Waals surface area (Å²) in [7, 11) is 0. The van der Waals surface area contributed by atoms with Gasteiger partial charge in [0.15, 0.2) is 5.54 Å². The Morgan fingerprint density at radius 1 is 1.38 bits per heavy atom. The minimum atomic E-state index is -1.18. The summed E-state index contributed by atoms with van der Waals surface area (Å²) in [6.45, 7) is 3.09. The smallest absolute Gasteiger partial charge is 0.331 e. The van der Waals surface area contributed by atoms with Gasteiger partial charge in [-0.25, -0.2) is 4.79 Å². The van der Waals surface area contributed by atoms with Crippen LogP contribution in [0.25, 0.3) is 0 Å². The zero-order valence-corrected chi connectivity index (χ0v) is 14.1. The lowest BCUT2D eigenvalue weighted by molar-refractivity contribution is -0.146. The van der Waals surface area contributed by atoms with E-state index >= 15 is 0 Å². The number of nitrogens with one attached hydrogen (secondary N) is 1. The van der Waals surface area contributed by atoms with E-state index in [0.29, 0.717) is 10.7 Å². The third kappa shape index (κ3) is 3.01. The third-order valence-electron chi connectivity index (χ3n) is 4.38. The summed E-state index contributed by atoms with van der Waals surface area (Å²) in [5.74, 6) is -1.10. The van der Waals surface area contributed by atoms with E-state index in [1.807, 2.05) is 24.3 Å². The first kappa shape index (κ1) is 16.5. The van der Waals surface area contributed by atoms with Crippen LogP contribution in [0.1, 0.15) is 31.7 Å². The predicted octanol–water partition coefficient (Wildman–Crippen LogP) is 3.10. The van der Waals surface area contributed by atoms with E-state index in [1.165, 1.54) is 17.1 Å². The average molecular weight is 348 g/mol. The monoisotopic (exact) mass is 347 g/mol. The molecule has 7 heteroatoms. The number of benzene rings is 1. The Kier molecular flexibility index (Phi) is 4.09. The molecule has 0 bridgehead atoms. The summed E-state index contributed by atoms with van der Waals surface area (Å²) in [5, 5.41) is 16.7. The molecule has 126 valence electrons. The Hall–Kier alpha value is -2.34. The van der Waals surface area contributed by atoms with Crippen molar-refractivity contribution >= 4 is 29.2 Å². The van der Waals surface area contributed by atoms with Gasteiger partial charge in [0, 0.05) is 17.1 Å². The maximum absolute atomic E-state index is 12.4. The molecule has 6 nitrogen and oxygen atoms in total. The van der Waals surface area contributed by atoms with Crippen LogP contribution in [-0.4, -0.2) is 26.8 Å². The first-order valence-corrected chi connectivity index (χ1v) is 8.02. The molecule has 1 amide bonds. The lowest BCUT2D eigenvalue weighted by Gasteiger charge is -2.19. The van der Waals surface area contributed by atoms with Crippen LogP contribution < -0.4 is 5.32 Å². The second-order valence-corrected chi connectivity index (χ2v) is 6.90. The van der Waals surface area contributed by atoms with E-state index in [9.17, 15) is 14.7 Å². The minimum absolute atomic E-state index is 0.104. The Morgan fingerprint density at radius 3 is 2.75 bits per heavy atom. The highest BCUT2D eigenvalue weighted by Crippen LogP contribution is 2.49. The molecule has 1 saturated carbocycles. The van der Waals surface area contributed by atoms with Crippen LogP contribution in [0.15, 0.2) is 36.7 Å². The van der Waals surface area contributed by atoms with E-state index in [4.69, 9.17) is 11.6 Å². The number of halogens is 1. The van der Waals surface area contributed by atoms with Crippen LogP contribution in [-0.2, 0) is 15.1 Å². The van der Waals surface area contributed by atoms with Crippen LogP contribution in [0.4, 0.5) is 5.69 Å². The number of anilines is 1. The van der Waals surface area contributed by atoms with Gasteiger partial charge in [0.2, 0.25) is 5.91 Å². The molecule has 0 radical (unpaired) electrons. The Morgan fingerprint density at radius 2 is 2.08 bits per heavy atom. The maximum atomic E-state index is 12.4. The number of carboxylic acid groups (broad SMARTS) is 1. The molecular weight excluding hydrogens is 330 g/mol. The Labute approximate surface area is 144 Å². The number of carbonyl (C=O) groups excluding carboxylic acids is 1. The molecule has 0 saturated heterocycles. The van der Waals surface area contributed by atoms with Gasteiger partial charge >= 0.3 is 5.97 Å². The van der Waals surface area contributed by atoms with Crippen molar-refractivity contribution in [3.63, 3.8) is 0 Å². The van der Waals surface area contributed by atoms with E-state index < -0.39 is 11.5 Å². The standard InChI is InChI=1S/C17H18ClN3O3/c1-17(2,16(23)24)21-9-10(8-19-21)20-15(22)13-7-12(13)11-5-3-4-6-14(11)18/h3-6,8-9,12-13H,7H2,1-2H3,(H,20,22)(H,23,24). The van der Waals surface area contributed by atoms with E-state index in [2.05, 4.69) is 10.4 Å². The average Bonchev–Trinajstić information content (AvgIpc) is 3.18. The van der Waals surface area contributed by atoms with Crippen LogP contribution >= 0.6 is 11.6 Å². The second-order valence-electron chi connectivity index (χ2n) is 6.50. The first-order chi connectivity index (χ1) is 11.3. The highest BCUT2D eigenvalue weighted by atomic mass is 35.5. The van der Waals surface area contributed by atoms with Gasteiger partial charge in [0.25, 0.3) is 0 Å². The lowest BCUT2D eigenvalue weighted by atomic mass is 10.1. The number of amides is 1. The molecule has 0 aliphatic heterocycles. The van der Waals surface area contributed by atoms with Crippen LogP contribution in [0.2, 0.25) is 5.02 Å². The molecule has 1 heterocycles. The number of rotatable bonds is 5. The zero-order valence-electron chi connectivity index (χ0n) is 13.4. The van der Waals surface area contributed by atoms with E-state index in [-0.39, 0.29) is 17.7 Å². The largest absolute Gasteiger partial charge is 0.479 e. The normalized spacial score (nSPS) is 19.8. The van der Waals surface area contributed by atoms with Crippen molar-refractivity contribution in [1.29, 1.82) is 0 Å². The summed E-state index contributed by atoms with van der Waals surface area (Å²) < 4.78 is 1.32. The summed E-state index contributed by atoms with van der Waals surface area (Å²) in [5.41, 5.74) is 0.295.